The van der Waals surface area contributed by atoms with Crippen LogP contribution in [0.4, 0.5) is 0 Å². The Bertz CT molecular complexity index is 766. The lowest BCUT2D eigenvalue weighted by Crippen LogP contribution is -2.18. The summed E-state index contributed by atoms with van der Waals surface area (Å²) in [5.41, 5.74) is 2.16. The maximum absolute atomic E-state index is 6.04. The summed E-state index contributed by atoms with van der Waals surface area (Å²) in [5, 5.41) is 4.46. The van der Waals surface area contributed by atoms with Crippen LogP contribution in [0.2, 0.25) is 0 Å². The van der Waals surface area contributed by atoms with Gasteiger partial charge in [-0.05, 0) is 53.2 Å². The fraction of sp³-hybridized carbons (Fsp3) is 0.176. The van der Waals surface area contributed by atoms with Crippen molar-refractivity contribution in [3.63, 3.8) is 0 Å². The average molecular weight is 409 g/mol. The van der Waals surface area contributed by atoms with Crippen molar-refractivity contribution in [1.82, 2.24) is 5.32 Å². The van der Waals surface area contributed by atoms with E-state index < -0.39 is 0 Å². The number of furan rings is 1. The van der Waals surface area contributed by atoms with Gasteiger partial charge >= 0.3 is 0 Å². The molecule has 1 atom stereocenters. The summed E-state index contributed by atoms with van der Waals surface area (Å²) in [4.78, 5) is 0. The van der Waals surface area contributed by atoms with Crippen LogP contribution in [0.15, 0.2) is 61.9 Å². The second kappa shape index (κ2) is 6.34. The van der Waals surface area contributed by atoms with Gasteiger partial charge in [0.25, 0.3) is 0 Å². The van der Waals surface area contributed by atoms with Crippen LogP contribution >= 0.6 is 31.9 Å². The Morgan fingerprint density at radius 3 is 2.52 bits per heavy atom. The first-order chi connectivity index (χ1) is 10.2. The molecule has 0 saturated carbocycles. The molecule has 21 heavy (non-hydrogen) atoms. The number of rotatable bonds is 4. The number of hydrogen-bond acceptors (Lipinski definition) is 2. The Kier molecular flexibility index (Phi) is 4.48. The number of hydrogen-bond donors (Lipinski definition) is 1. The molecule has 1 N–H and O–H groups in total. The fourth-order valence-corrected chi connectivity index (χ4v) is 3.36. The third-order valence-electron chi connectivity index (χ3n) is 3.59. The van der Waals surface area contributed by atoms with E-state index in [9.17, 15) is 0 Å². The van der Waals surface area contributed by atoms with E-state index in [2.05, 4.69) is 67.5 Å². The van der Waals surface area contributed by atoms with Crippen LogP contribution in [0.3, 0.4) is 0 Å². The number of halogens is 2. The summed E-state index contributed by atoms with van der Waals surface area (Å²) >= 11 is 7.14. The summed E-state index contributed by atoms with van der Waals surface area (Å²) in [6.45, 7) is 0. The number of likely N-dealkylation sites (N-methyl/N-ethyl adjacent to an activating group) is 1. The minimum Gasteiger partial charge on any atom is -0.458 e. The molecule has 0 aliphatic rings. The number of fused-ring (bicyclic) bond motifs is 1. The van der Waals surface area contributed by atoms with Crippen molar-refractivity contribution in [1.29, 1.82) is 0 Å². The van der Waals surface area contributed by atoms with Crippen molar-refractivity contribution in [2.75, 3.05) is 7.05 Å². The molecule has 1 unspecified atom stereocenters. The highest BCUT2D eigenvalue weighted by atomic mass is 79.9. The third kappa shape index (κ3) is 3.07. The lowest BCUT2D eigenvalue weighted by molar-refractivity contribution is 0.450. The Labute approximate surface area is 140 Å². The third-order valence-corrected chi connectivity index (χ3v) is 4.99. The van der Waals surface area contributed by atoms with Gasteiger partial charge in [0.2, 0.25) is 0 Å². The molecule has 2 nitrogen and oxygen atoms in total. The monoisotopic (exact) mass is 407 g/mol. The first kappa shape index (κ1) is 14.8. The molecule has 3 rings (SSSR count). The average Bonchev–Trinajstić information content (AvgIpc) is 2.92. The zero-order valence-electron chi connectivity index (χ0n) is 11.6. The van der Waals surface area contributed by atoms with Crippen LogP contribution in [0, 0.1) is 0 Å². The smallest absolute Gasteiger partial charge is 0.148 e. The van der Waals surface area contributed by atoms with Crippen LogP contribution < -0.4 is 5.32 Å². The van der Waals surface area contributed by atoms with Crippen molar-refractivity contribution in [3.05, 3.63) is 68.8 Å². The molecule has 0 amide bonds. The Morgan fingerprint density at radius 1 is 1.05 bits per heavy atom. The molecular weight excluding hydrogens is 394 g/mol. The first-order valence-electron chi connectivity index (χ1n) is 6.77. The van der Waals surface area contributed by atoms with E-state index in [1.54, 1.807) is 0 Å². The fourth-order valence-electron chi connectivity index (χ4n) is 2.45. The Morgan fingerprint density at radius 2 is 1.81 bits per heavy atom. The van der Waals surface area contributed by atoms with E-state index in [4.69, 9.17) is 4.42 Å². The van der Waals surface area contributed by atoms with Gasteiger partial charge in [-0.15, -0.1) is 0 Å². The summed E-state index contributed by atoms with van der Waals surface area (Å²) in [6.07, 6.45) is 0.870. The van der Waals surface area contributed by atoms with E-state index in [-0.39, 0.29) is 6.04 Å². The second-order valence-electron chi connectivity index (χ2n) is 4.94. The molecule has 0 bridgehead atoms. The van der Waals surface area contributed by atoms with Gasteiger partial charge in [0.1, 0.15) is 11.3 Å². The van der Waals surface area contributed by atoms with Gasteiger partial charge < -0.3 is 9.73 Å². The van der Waals surface area contributed by atoms with Crippen LogP contribution in [0.25, 0.3) is 11.0 Å². The van der Waals surface area contributed by atoms with Crippen molar-refractivity contribution < 1.29 is 4.42 Å². The second-order valence-corrected chi connectivity index (χ2v) is 6.65. The van der Waals surface area contributed by atoms with Gasteiger partial charge in [0, 0.05) is 9.86 Å². The first-order valence-corrected chi connectivity index (χ1v) is 8.36. The van der Waals surface area contributed by atoms with Gasteiger partial charge in [0.05, 0.1) is 10.5 Å². The summed E-state index contributed by atoms with van der Waals surface area (Å²) in [7, 11) is 1.96. The van der Waals surface area contributed by atoms with Gasteiger partial charge in [-0.1, -0.05) is 46.3 Å². The molecule has 0 radical (unpaired) electrons. The van der Waals surface area contributed by atoms with Gasteiger partial charge in [-0.3, -0.25) is 0 Å². The van der Waals surface area contributed by atoms with Crippen LogP contribution in [-0.2, 0) is 6.42 Å². The minimum atomic E-state index is 0.142. The zero-order valence-corrected chi connectivity index (χ0v) is 14.7. The van der Waals surface area contributed by atoms with Crippen LogP contribution in [0.5, 0.6) is 0 Å². The molecule has 0 aliphatic heterocycles. The molecule has 2 aromatic carbocycles. The molecule has 3 aromatic rings. The van der Waals surface area contributed by atoms with E-state index in [1.807, 2.05) is 25.2 Å². The highest BCUT2D eigenvalue weighted by Crippen LogP contribution is 2.31. The largest absolute Gasteiger partial charge is 0.458 e. The number of para-hydroxylation sites is 1. The molecule has 1 aromatic heterocycles. The summed E-state index contributed by atoms with van der Waals surface area (Å²) in [5.74, 6) is 0.954. The zero-order chi connectivity index (χ0) is 14.8. The van der Waals surface area contributed by atoms with Gasteiger partial charge in [-0.25, -0.2) is 0 Å². The maximum atomic E-state index is 6.04. The Balaban J connectivity index is 1.95. The molecule has 1 heterocycles. The Hall–Kier alpha value is -1.10. The predicted molar refractivity (Wildman–Crippen MR) is 93.6 cm³/mol. The van der Waals surface area contributed by atoms with Crippen molar-refractivity contribution in [2.24, 2.45) is 0 Å². The van der Waals surface area contributed by atoms with E-state index in [1.165, 1.54) is 5.56 Å². The molecular formula is C17H15Br2NO. The van der Waals surface area contributed by atoms with Crippen LogP contribution in [-0.4, -0.2) is 7.05 Å². The predicted octanol–water partition coefficient (Wildman–Crippen LogP) is 5.46. The molecule has 0 spiro atoms. The minimum absolute atomic E-state index is 0.142. The lowest BCUT2D eigenvalue weighted by Gasteiger charge is -2.14. The highest BCUT2D eigenvalue weighted by molar-refractivity contribution is 9.11. The summed E-state index contributed by atoms with van der Waals surface area (Å²) in [6, 6.07) is 16.6. The SMILES string of the molecule is CNC(Cc1ccccc1Br)c1cc2cccc(Br)c2o1. The molecule has 4 heteroatoms. The normalized spacial score (nSPS) is 12.7. The van der Waals surface area contributed by atoms with Gasteiger partial charge in [0.15, 0.2) is 0 Å². The molecule has 108 valence electrons. The molecule has 0 aliphatic carbocycles. The summed E-state index contributed by atoms with van der Waals surface area (Å²) < 4.78 is 8.15. The van der Waals surface area contributed by atoms with E-state index in [0.29, 0.717) is 0 Å². The number of nitrogens with one attached hydrogen (secondary N) is 1. The van der Waals surface area contributed by atoms with Crippen molar-refractivity contribution in [2.45, 2.75) is 12.5 Å². The highest BCUT2D eigenvalue weighted by Gasteiger charge is 2.17. The van der Waals surface area contributed by atoms with Crippen molar-refractivity contribution >= 4 is 42.8 Å². The topological polar surface area (TPSA) is 25.2 Å². The van der Waals surface area contributed by atoms with Gasteiger partial charge in [-0.2, -0.15) is 0 Å². The quantitative estimate of drug-likeness (QED) is 0.619. The molecule has 0 saturated heterocycles. The molecule has 0 fully saturated rings. The van der Waals surface area contributed by atoms with Crippen molar-refractivity contribution in [3.8, 4) is 0 Å². The standard InChI is InChI=1S/C17H15Br2NO/c1-20-15(9-11-5-2-3-7-13(11)18)16-10-12-6-4-8-14(19)17(12)21-16/h2-8,10,15,20H,9H2,1H3. The van der Waals surface area contributed by atoms with E-state index in [0.717, 1.165) is 32.1 Å². The lowest BCUT2D eigenvalue weighted by atomic mass is 10.0. The number of benzene rings is 2. The maximum Gasteiger partial charge on any atom is 0.148 e. The van der Waals surface area contributed by atoms with E-state index >= 15 is 0 Å². The van der Waals surface area contributed by atoms with Crippen LogP contribution in [0.1, 0.15) is 17.4 Å².